The molecule has 32 heavy (non-hydrogen) atoms. The lowest BCUT2D eigenvalue weighted by atomic mass is 10.2. The zero-order valence-electron chi connectivity index (χ0n) is 17.7. The quantitative estimate of drug-likeness (QED) is 0.337. The third kappa shape index (κ3) is 4.59. The standard InChI is InChI=1S/C23H24N6OS2/c1-28-10-12-29(13-11-28)18-7-5-16(6-8-18)24-23-25-20-9-14-32-21(20)22(26-23)30-19-4-2-3-17(15-19)27-31/h2-9,14-15,27,31H,10-13H2,1H3,(H,24,25,26). The lowest BCUT2D eigenvalue weighted by Crippen LogP contribution is -2.44. The number of rotatable bonds is 6. The number of nitrogens with zero attached hydrogens (tertiary/aromatic N) is 4. The Labute approximate surface area is 196 Å². The third-order valence-corrected chi connectivity index (χ3v) is 6.59. The summed E-state index contributed by atoms with van der Waals surface area (Å²) in [4.78, 5) is 14.1. The monoisotopic (exact) mass is 464 g/mol. The van der Waals surface area contributed by atoms with Crippen LogP contribution in [0.5, 0.6) is 11.6 Å². The van der Waals surface area contributed by atoms with Crippen LogP contribution in [0.25, 0.3) is 10.2 Å². The first-order valence-electron chi connectivity index (χ1n) is 10.4. The Balaban J connectivity index is 1.36. The number of hydrogen-bond donors (Lipinski definition) is 3. The number of aromatic nitrogens is 2. The number of thiol groups is 1. The molecule has 7 nitrogen and oxygen atoms in total. The van der Waals surface area contributed by atoms with Crippen molar-refractivity contribution in [3.05, 3.63) is 60.0 Å². The fourth-order valence-electron chi connectivity index (χ4n) is 3.65. The largest absolute Gasteiger partial charge is 0.437 e. The van der Waals surface area contributed by atoms with Crippen LogP contribution in [0.15, 0.2) is 60.0 Å². The van der Waals surface area contributed by atoms with Gasteiger partial charge in [0.1, 0.15) is 10.4 Å². The SMILES string of the molecule is CN1CCN(c2ccc(Nc3nc(Oc4cccc(NS)c4)c4sccc4n3)cc2)CC1. The minimum atomic E-state index is 0.502. The molecule has 0 bridgehead atoms. The first kappa shape index (κ1) is 20.9. The Morgan fingerprint density at radius 3 is 2.56 bits per heavy atom. The van der Waals surface area contributed by atoms with Crippen LogP contribution in [0, 0.1) is 0 Å². The predicted octanol–water partition coefficient (Wildman–Crippen LogP) is 5.24. The first-order chi connectivity index (χ1) is 15.7. The zero-order chi connectivity index (χ0) is 21.9. The molecule has 0 spiro atoms. The van der Waals surface area contributed by atoms with Crippen molar-refractivity contribution in [3.8, 4) is 11.6 Å². The maximum atomic E-state index is 6.11. The number of anilines is 4. The molecule has 0 radical (unpaired) electrons. The summed E-state index contributed by atoms with van der Waals surface area (Å²) in [6.07, 6.45) is 0. The van der Waals surface area contributed by atoms with Crippen molar-refractivity contribution in [1.82, 2.24) is 14.9 Å². The van der Waals surface area contributed by atoms with Crippen LogP contribution in [0.3, 0.4) is 0 Å². The van der Waals surface area contributed by atoms with Gasteiger partial charge in [0, 0.05) is 49.3 Å². The number of likely N-dealkylation sites (N-methyl/N-ethyl adjacent to an activating group) is 1. The molecule has 0 atom stereocenters. The van der Waals surface area contributed by atoms with Gasteiger partial charge in [0.2, 0.25) is 11.8 Å². The van der Waals surface area contributed by atoms with E-state index in [9.17, 15) is 0 Å². The van der Waals surface area contributed by atoms with E-state index in [1.165, 1.54) is 5.69 Å². The molecule has 2 N–H and O–H groups in total. The summed E-state index contributed by atoms with van der Waals surface area (Å²) in [5, 5.41) is 5.32. The molecule has 0 saturated carbocycles. The van der Waals surface area contributed by atoms with Gasteiger partial charge in [-0.05, 0) is 54.9 Å². The van der Waals surface area contributed by atoms with Gasteiger partial charge in [-0.3, -0.25) is 0 Å². The second-order valence-corrected chi connectivity index (χ2v) is 8.83. The summed E-state index contributed by atoms with van der Waals surface area (Å²) in [5.74, 6) is 1.71. The van der Waals surface area contributed by atoms with Gasteiger partial charge < -0.3 is 24.6 Å². The van der Waals surface area contributed by atoms with E-state index in [4.69, 9.17) is 4.74 Å². The second kappa shape index (κ2) is 9.23. The number of ether oxygens (including phenoxy) is 1. The smallest absolute Gasteiger partial charge is 0.242 e. The van der Waals surface area contributed by atoms with Crippen molar-refractivity contribution in [2.24, 2.45) is 0 Å². The van der Waals surface area contributed by atoms with E-state index >= 15 is 0 Å². The molecule has 0 amide bonds. The number of benzene rings is 2. The van der Waals surface area contributed by atoms with E-state index in [-0.39, 0.29) is 0 Å². The molecule has 0 unspecified atom stereocenters. The van der Waals surface area contributed by atoms with E-state index in [0.717, 1.165) is 47.8 Å². The van der Waals surface area contributed by atoms with Gasteiger partial charge in [-0.25, -0.2) is 4.98 Å². The minimum absolute atomic E-state index is 0.502. The molecule has 0 aliphatic carbocycles. The molecule has 9 heteroatoms. The molecule has 1 fully saturated rings. The van der Waals surface area contributed by atoms with Crippen molar-refractivity contribution in [3.63, 3.8) is 0 Å². The molecular formula is C23H24N6OS2. The zero-order valence-corrected chi connectivity index (χ0v) is 19.4. The Kier molecular flexibility index (Phi) is 6.02. The van der Waals surface area contributed by atoms with Gasteiger partial charge in [-0.15, -0.1) is 11.3 Å². The summed E-state index contributed by atoms with van der Waals surface area (Å²) < 4.78 is 9.85. The number of fused-ring (bicyclic) bond motifs is 1. The molecule has 164 valence electrons. The van der Waals surface area contributed by atoms with Crippen LogP contribution < -0.4 is 19.7 Å². The van der Waals surface area contributed by atoms with Crippen molar-refractivity contribution < 1.29 is 4.74 Å². The van der Waals surface area contributed by atoms with Crippen LogP contribution in [-0.2, 0) is 0 Å². The van der Waals surface area contributed by atoms with Crippen molar-refractivity contribution in [2.45, 2.75) is 0 Å². The molecule has 1 saturated heterocycles. The number of piperazine rings is 1. The van der Waals surface area contributed by atoms with Gasteiger partial charge in [0.15, 0.2) is 0 Å². The Morgan fingerprint density at radius 1 is 0.969 bits per heavy atom. The highest BCUT2D eigenvalue weighted by Gasteiger charge is 2.15. The van der Waals surface area contributed by atoms with E-state index in [2.05, 4.69) is 73.9 Å². The summed E-state index contributed by atoms with van der Waals surface area (Å²) in [6.45, 7) is 4.27. The van der Waals surface area contributed by atoms with E-state index in [0.29, 0.717) is 17.6 Å². The molecule has 2 aromatic heterocycles. The molecule has 1 aliphatic rings. The summed E-state index contributed by atoms with van der Waals surface area (Å²) in [6, 6.07) is 18.0. The Hall–Kier alpha value is -3.01. The van der Waals surface area contributed by atoms with Gasteiger partial charge in [0.05, 0.1) is 5.52 Å². The summed E-state index contributed by atoms with van der Waals surface area (Å²) in [7, 11) is 2.17. The van der Waals surface area contributed by atoms with Crippen molar-refractivity contribution >= 4 is 57.4 Å². The molecular weight excluding hydrogens is 440 g/mol. The van der Waals surface area contributed by atoms with Gasteiger partial charge in [-0.2, -0.15) is 4.98 Å². The molecule has 2 aromatic carbocycles. The van der Waals surface area contributed by atoms with E-state index in [1.54, 1.807) is 11.3 Å². The lowest BCUT2D eigenvalue weighted by molar-refractivity contribution is 0.313. The highest BCUT2D eigenvalue weighted by atomic mass is 32.1. The maximum absolute atomic E-state index is 6.11. The first-order valence-corrected chi connectivity index (χ1v) is 11.7. The predicted molar refractivity (Wildman–Crippen MR) is 136 cm³/mol. The van der Waals surface area contributed by atoms with Crippen molar-refractivity contribution in [2.75, 3.05) is 48.2 Å². The van der Waals surface area contributed by atoms with Gasteiger partial charge in [-0.1, -0.05) is 18.9 Å². The molecule has 1 aliphatic heterocycles. The average molecular weight is 465 g/mol. The molecule has 5 rings (SSSR count). The fraction of sp³-hybridized carbons (Fsp3) is 0.217. The van der Waals surface area contributed by atoms with Crippen LogP contribution in [0.2, 0.25) is 0 Å². The highest BCUT2D eigenvalue weighted by Crippen LogP contribution is 2.34. The number of nitrogens with one attached hydrogen (secondary N) is 2. The van der Waals surface area contributed by atoms with Crippen LogP contribution in [0.4, 0.5) is 23.0 Å². The van der Waals surface area contributed by atoms with Gasteiger partial charge in [0.25, 0.3) is 0 Å². The van der Waals surface area contributed by atoms with Crippen LogP contribution >= 0.6 is 24.2 Å². The molecule has 4 aromatic rings. The fourth-order valence-corrected chi connectivity index (χ4v) is 4.55. The van der Waals surface area contributed by atoms with Crippen LogP contribution in [0.1, 0.15) is 0 Å². The number of hydrogen-bond acceptors (Lipinski definition) is 9. The molecule has 3 heterocycles. The van der Waals surface area contributed by atoms with E-state index in [1.807, 2.05) is 35.7 Å². The minimum Gasteiger partial charge on any atom is -0.437 e. The van der Waals surface area contributed by atoms with Crippen LogP contribution in [-0.4, -0.2) is 48.1 Å². The summed E-state index contributed by atoms with van der Waals surface area (Å²) in [5.41, 5.74) is 3.87. The Bertz CT molecular complexity index is 1200. The topological polar surface area (TPSA) is 65.5 Å². The van der Waals surface area contributed by atoms with E-state index < -0.39 is 0 Å². The third-order valence-electron chi connectivity index (χ3n) is 5.44. The highest BCUT2D eigenvalue weighted by molar-refractivity contribution is 7.81. The average Bonchev–Trinajstić information content (AvgIpc) is 3.29. The normalized spacial score (nSPS) is 14.5. The summed E-state index contributed by atoms with van der Waals surface area (Å²) >= 11 is 5.66. The number of thiophene rings is 1. The second-order valence-electron chi connectivity index (χ2n) is 7.69. The van der Waals surface area contributed by atoms with Gasteiger partial charge >= 0.3 is 0 Å². The Morgan fingerprint density at radius 2 is 1.78 bits per heavy atom. The van der Waals surface area contributed by atoms with Crippen molar-refractivity contribution in [1.29, 1.82) is 0 Å². The lowest BCUT2D eigenvalue weighted by Gasteiger charge is -2.34. The maximum Gasteiger partial charge on any atom is 0.242 e.